The maximum absolute atomic E-state index is 15.1. The van der Waals surface area contributed by atoms with Gasteiger partial charge >= 0.3 is 5.97 Å². The summed E-state index contributed by atoms with van der Waals surface area (Å²) in [5.41, 5.74) is -0.714. The van der Waals surface area contributed by atoms with Gasteiger partial charge in [-0.1, -0.05) is 26.8 Å². The Labute approximate surface area is 153 Å². The van der Waals surface area contributed by atoms with E-state index in [-0.39, 0.29) is 35.9 Å². The van der Waals surface area contributed by atoms with Crippen molar-refractivity contribution >= 4 is 11.8 Å². The lowest BCUT2D eigenvalue weighted by Crippen LogP contribution is -2.58. The zero-order valence-corrected chi connectivity index (χ0v) is 15.5. The number of allylic oxidation sites excluding steroid dienone is 4. The van der Waals surface area contributed by atoms with E-state index >= 15 is 4.39 Å². The molecule has 0 aromatic carbocycles. The van der Waals surface area contributed by atoms with Gasteiger partial charge in [-0.05, 0) is 60.2 Å². The van der Waals surface area contributed by atoms with Crippen LogP contribution in [-0.4, -0.2) is 34.2 Å². The van der Waals surface area contributed by atoms with Gasteiger partial charge in [0.2, 0.25) is 0 Å². The summed E-state index contributed by atoms with van der Waals surface area (Å²) in [6.45, 7) is 5.86. The second-order valence-electron chi connectivity index (χ2n) is 9.42. The van der Waals surface area contributed by atoms with Crippen molar-refractivity contribution < 1.29 is 24.2 Å². The number of halogens is 1. The van der Waals surface area contributed by atoms with Crippen LogP contribution in [0.3, 0.4) is 0 Å². The van der Waals surface area contributed by atoms with Crippen LogP contribution in [0.5, 0.6) is 0 Å². The Hall–Kier alpha value is -1.49. The molecule has 3 fully saturated rings. The van der Waals surface area contributed by atoms with Crippen molar-refractivity contribution in [3.63, 3.8) is 0 Å². The van der Waals surface area contributed by atoms with Crippen molar-refractivity contribution in [2.45, 2.75) is 52.3 Å². The Morgan fingerprint density at radius 1 is 1.31 bits per heavy atom. The second-order valence-corrected chi connectivity index (χ2v) is 9.42. The Kier molecular flexibility index (Phi) is 3.79. The maximum Gasteiger partial charge on any atom is 0.307 e. The number of aliphatic carboxylic acids is 1. The van der Waals surface area contributed by atoms with Crippen LogP contribution in [0, 0.1) is 40.4 Å². The SMILES string of the molecule is C[C@@H]1CC2C3C[C@H](F)C4=CC(=O)C=C[C@]4(C)C3C(O)CC2(C)C1C(=O)O. The average molecular weight is 362 g/mol. The highest BCUT2D eigenvalue weighted by atomic mass is 19.1. The van der Waals surface area contributed by atoms with E-state index in [9.17, 15) is 19.8 Å². The Morgan fingerprint density at radius 2 is 2.00 bits per heavy atom. The molecule has 0 amide bonds. The number of hydrogen-bond donors (Lipinski definition) is 2. The molecule has 0 aromatic heterocycles. The molecule has 4 nitrogen and oxygen atoms in total. The summed E-state index contributed by atoms with van der Waals surface area (Å²) in [6, 6.07) is 0. The summed E-state index contributed by atoms with van der Waals surface area (Å²) >= 11 is 0. The molecule has 2 N–H and O–H groups in total. The molecule has 0 saturated heterocycles. The molecular formula is C21H27FO4. The number of hydrogen-bond acceptors (Lipinski definition) is 3. The lowest BCUT2D eigenvalue weighted by atomic mass is 9.46. The first-order valence-corrected chi connectivity index (χ1v) is 9.60. The molecule has 0 bridgehead atoms. The normalized spacial score (nSPS) is 52.7. The van der Waals surface area contributed by atoms with Crippen LogP contribution in [0.1, 0.15) is 40.0 Å². The smallest absolute Gasteiger partial charge is 0.307 e. The van der Waals surface area contributed by atoms with Crippen LogP contribution in [-0.2, 0) is 9.59 Å². The fourth-order valence-corrected chi connectivity index (χ4v) is 7.23. The topological polar surface area (TPSA) is 74.6 Å². The number of rotatable bonds is 1. The molecule has 5 heteroatoms. The van der Waals surface area contributed by atoms with Gasteiger partial charge in [0.15, 0.2) is 5.78 Å². The predicted octanol–water partition coefficient (Wildman–Crippen LogP) is 3.16. The van der Waals surface area contributed by atoms with Crippen LogP contribution >= 0.6 is 0 Å². The third kappa shape index (κ3) is 2.16. The zero-order valence-electron chi connectivity index (χ0n) is 15.5. The van der Waals surface area contributed by atoms with E-state index in [0.29, 0.717) is 12.0 Å². The first-order valence-electron chi connectivity index (χ1n) is 9.60. The molecule has 142 valence electrons. The molecule has 4 aliphatic rings. The third-order valence-corrected chi connectivity index (χ3v) is 8.08. The average Bonchev–Trinajstić information content (AvgIpc) is 2.79. The number of carbonyl (C=O) groups is 2. The van der Waals surface area contributed by atoms with Crippen LogP contribution in [0.2, 0.25) is 0 Å². The van der Waals surface area contributed by atoms with Crippen molar-refractivity contribution in [2.75, 3.05) is 0 Å². The molecule has 26 heavy (non-hydrogen) atoms. The van der Waals surface area contributed by atoms with Crippen molar-refractivity contribution in [2.24, 2.45) is 40.4 Å². The highest BCUT2D eigenvalue weighted by Gasteiger charge is 2.65. The second kappa shape index (κ2) is 5.51. The van der Waals surface area contributed by atoms with Gasteiger partial charge in [-0.3, -0.25) is 9.59 Å². The Morgan fingerprint density at radius 3 is 2.65 bits per heavy atom. The largest absolute Gasteiger partial charge is 0.481 e. The van der Waals surface area contributed by atoms with Gasteiger partial charge in [0, 0.05) is 11.3 Å². The number of ketones is 1. The van der Waals surface area contributed by atoms with E-state index in [1.54, 1.807) is 6.08 Å². The molecule has 9 atom stereocenters. The molecule has 0 heterocycles. The number of fused-ring (bicyclic) bond motifs is 5. The molecule has 3 saturated carbocycles. The molecule has 0 aliphatic heterocycles. The van der Waals surface area contributed by atoms with Crippen LogP contribution in [0.15, 0.2) is 23.8 Å². The first-order chi connectivity index (χ1) is 12.1. The number of carboxylic acids is 1. The van der Waals surface area contributed by atoms with E-state index in [0.717, 1.165) is 6.42 Å². The molecule has 0 spiro atoms. The number of aliphatic hydroxyl groups excluding tert-OH is 1. The summed E-state index contributed by atoms with van der Waals surface area (Å²) in [5, 5.41) is 20.9. The number of alkyl halides is 1. The Balaban J connectivity index is 1.79. The van der Waals surface area contributed by atoms with Crippen LogP contribution in [0.25, 0.3) is 0 Å². The predicted molar refractivity (Wildman–Crippen MR) is 94.0 cm³/mol. The lowest BCUT2D eigenvalue weighted by molar-refractivity contribution is -0.158. The van der Waals surface area contributed by atoms with E-state index in [4.69, 9.17) is 0 Å². The minimum atomic E-state index is -1.22. The van der Waals surface area contributed by atoms with Crippen LogP contribution in [0.4, 0.5) is 4.39 Å². The summed E-state index contributed by atoms with van der Waals surface area (Å²) in [7, 11) is 0. The lowest BCUT2D eigenvalue weighted by Gasteiger charge is -2.59. The summed E-state index contributed by atoms with van der Waals surface area (Å²) in [4.78, 5) is 23.7. The number of aliphatic hydroxyl groups is 1. The number of carbonyl (C=O) groups excluding carboxylic acids is 1. The van der Waals surface area contributed by atoms with Crippen LogP contribution < -0.4 is 0 Å². The highest BCUT2D eigenvalue weighted by Crippen LogP contribution is 2.67. The molecule has 0 radical (unpaired) electrons. The van der Waals surface area contributed by atoms with Crippen molar-refractivity contribution in [3.8, 4) is 0 Å². The molecule has 0 aromatic rings. The van der Waals surface area contributed by atoms with Gasteiger partial charge in [-0.2, -0.15) is 0 Å². The van der Waals surface area contributed by atoms with E-state index < -0.39 is 35.0 Å². The summed E-state index contributed by atoms with van der Waals surface area (Å²) in [5.74, 6) is -1.68. The number of carboxylic acid groups (broad SMARTS) is 1. The maximum atomic E-state index is 15.1. The van der Waals surface area contributed by atoms with E-state index in [1.807, 2.05) is 20.8 Å². The Bertz CT molecular complexity index is 728. The van der Waals surface area contributed by atoms with E-state index in [1.165, 1.54) is 12.2 Å². The van der Waals surface area contributed by atoms with Gasteiger partial charge in [0.25, 0.3) is 0 Å². The quantitative estimate of drug-likeness (QED) is 0.751. The van der Waals surface area contributed by atoms with E-state index in [2.05, 4.69) is 0 Å². The first kappa shape index (κ1) is 17.9. The van der Waals surface area contributed by atoms with Gasteiger partial charge < -0.3 is 10.2 Å². The molecule has 6 unspecified atom stereocenters. The van der Waals surface area contributed by atoms with Gasteiger partial charge in [0.05, 0.1) is 12.0 Å². The summed E-state index contributed by atoms with van der Waals surface area (Å²) < 4.78 is 15.1. The highest BCUT2D eigenvalue weighted by molar-refractivity contribution is 6.01. The standard InChI is InChI=1S/C21H27FO4/c1-10-6-13-12-8-15(22)14-7-11(23)4-5-20(14,2)18(12)16(24)9-21(13,3)17(10)19(25)26/h4-5,7,10,12-13,15-18,24H,6,8-9H2,1-3H3,(H,25,26)/t10-,12?,13?,15+,16?,17?,18?,20+,21?/m1/s1. The van der Waals surface area contributed by atoms with Gasteiger partial charge in [0.1, 0.15) is 6.17 Å². The molecule has 4 aliphatic carbocycles. The molecular weight excluding hydrogens is 335 g/mol. The van der Waals surface area contributed by atoms with Crippen molar-refractivity contribution in [1.29, 1.82) is 0 Å². The molecule has 4 rings (SSSR count). The fraction of sp³-hybridized carbons (Fsp3) is 0.714. The van der Waals surface area contributed by atoms with Gasteiger partial charge in [-0.25, -0.2) is 4.39 Å². The fourth-order valence-electron chi connectivity index (χ4n) is 7.23. The minimum Gasteiger partial charge on any atom is -0.481 e. The third-order valence-electron chi connectivity index (χ3n) is 8.08. The monoisotopic (exact) mass is 362 g/mol. The minimum absolute atomic E-state index is 0.0136. The van der Waals surface area contributed by atoms with Crippen molar-refractivity contribution in [3.05, 3.63) is 23.8 Å². The van der Waals surface area contributed by atoms with Crippen molar-refractivity contribution in [1.82, 2.24) is 0 Å². The summed E-state index contributed by atoms with van der Waals surface area (Å²) in [6.07, 6.45) is 4.18. The van der Waals surface area contributed by atoms with Gasteiger partial charge in [-0.15, -0.1) is 0 Å². The zero-order chi connectivity index (χ0) is 19.0.